The standard InChI is InChI=1S/C80H86O6/c1-4-7-9-11-13-15-17-19-21-23-25-27-29-31-33-35-41-84-61-43-53(44-62(50-61)85-42-36-34-32-30-28-26-24-22-20-18-16-14-12-10-8-5-2)52-86-77(82)80(76(81)83-6-3)78-40-39-56-47-59-48-57-45-54-37-38-55-46-58-49-60(51-78)68-67(58)70-64(55)63(54)69-65(57)66(59)72-73(71(69)70)75(68)79(78,80)74(56)72/h37-40,43-47,50-51,54-56,63-64,74H,4-12,21-36,41-42,48-49,52H2,1-3H3. The minimum absolute atomic E-state index is 0.0205. The first-order chi connectivity index (χ1) is 42.4. The Kier molecular flexibility index (Phi) is 15.9. The molecule has 9 unspecified atom stereocenters. The minimum Gasteiger partial charge on any atom is -0.493 e. The van der Waals surface area contributed by atoms with Crippen molar-refractivity contribution in [3.8, 4) is 58.9 Å². The van der Waals surface area contributed by atoms with Gasteiger partial charge in [-0.1, -0.05) is 176 Å². The van der Waals surface area contributed by atoms with Crippen LogP contribution in [0.15, 0.2) is 66.8 Å². The highest BCUT2D eigenvalue weighted by molar-refractivity contribution is 6.23. The fourth-order valence-electron chi connectivity index (χ4n) is 18.5. The van der Waals surface area contributed by atoms with Crippen LogP contribution in [0, 0.1) is 75.9 Å². The number of unbranched alkanes of at least 4 members (excludes halogenated alkanes) is 20. The summed E-state index contributed by atoms with van der Waals surface area (Å²) >= 11 is 0. The minimum atomic E-state index is -1.61. The van der Waals surface area contributed by atoms with Gasteiger partial charge >= 0.3 is 11.9 Å². The molecule has 0 heterocycles. The summed E-state index contributed by atoms with van der Waals surface area (Å²) in [6.45, 7) is 7.64. The molecule has 3 aromatic rings. The Morgan fingerprint density at radius 2 is 0.977 bits per heavy atom. The quantitative estimate of drug-likeness (QED) is 0.0210. The molecule has 0 N–H and O–H groups in total. The molecule has 14 rings (SSSR count). The molecule has 6 nitrogen and oxygen atoms in total. The number of rotatable bonds is 31. The SMILES string of the molecule is CCCCCC#CC#CCCCCCCCCCOc1cc(COC(=O)C2(C(=O)OCC)C34C=CC5C=C6CC7=CC8C=CC9C=C%10CC(=C3)c3c%10c%10c%11c(c7c6c6c%11c3C42C65)C8C%109)cc(OCCCCCCCCCC#CC#CCCCCC)c1. The van der Waals surface area contributed by atoms with Crippen LogP contribution in [0.4, 0.5) is 0 Å². The third-order valence-corrected chi connectivity index (χ3v) is 21.8. The van der Waals surface area contributed by atoms with E-state index in [1.807, 2.05) is 25.1 Å². The number of hydrogen-bond acceptors (Lipinski definition) is 6. The molecule has 0 aliphatic heterocycles. The van der Waals surface area contributed by atoms with Gasteiger partial charge in [0.25, 0.3) is 0 Å². The molecule has 0 saturated heterocycles. The van der Waals surface area contributed by atoms with Crippen molar-refractivity contribution in [2.75, 3.05) is 19.8 Å². The Morgan fingerprint density at radius 3 is 1.52 bits per heavy atom. The predicted molar refractivity (Wildman–Crippen MR) is 346 cm³/mol. The highest BCUT2D eigenvalue weighted by Crippen LogP contribution is 2.94. The van der Waals surface area contributed by atoms with Gasteiger partial charge in [-0.25, -0.2) is 0 Å². The van der Waals surface area contributed by atoms with Crippen LogP contribution in [0.1, 0.15) is 256 Å². The fourth-order valence-corrected chi connectivity index (χ4v) is 18.5. The molecular weight excluding hydrogens is 1060 g/mol. The van der Waals surface area contributed by atoms with Gasteiger partial charge in [0, 0.05) is 78.1 Å². The number of esters is 2. The molecule has 1 saturated carbocycles. The number of allylic oxidation sites excluding steroid dienone is 12. The lowest BCUT2D eigenvalue weighted by Gasteiger charge is -2.41. The normalized spacial score (nSPS) is 26.2. The largest absolute Gasteiger partial charge is 0.493 e. The van der Waals surface area contributed by atoms with Crippen LogP contribution in [0.3, 0.4) is 0 Å². The van der Waals surface area contributed by atoms with Gasteiger partial charge in [-0.3, -0.25) is 9.59 Å². The van der Waals surface area contributed by atoms with Gasteiger partial charge in [0.1, 0.15) is 18.1 Å². The lowest BCUT2D eigenvalue weighted by Crippen LogP contribution is -2.40. The smallest absolute Gasteiger partial charge is 0.326 e. The van der Waals surface area contributed by atoms with Crippen molar-refractivity contribution in [2.24, 2.45) is 28.6 Å². The maximum Gasteiger partial charge on any atom is 0.326 e. The van der Waals surface area contributed by atoms with E-state index < -0.39 is 28.2 Å². The Balaban J connectivity index is 0.677. The van der Waals surface area contributed by atoms with Crippen LogP contribution < -0.4 is 9.47 Å². The van der Waals surface area contributed by atoms with Crippen molar-refractivity contribution < 1.29 is 28.5 Å². The zero-order valence-electron chi connectivity index (χ0n) is 51.5. The van der Waals surface area contributed by atoms with E-state index in [2.05, 4.69) is 110 Å². The highest BCUT2D eigenvalue weighted by Gasteiger charge is 2.99. The number of benzene rings is 3. The first-order valence-corrected chi connectivity index (χ1v) is 34.1. The summed E-state index contributed by atoms with van der Waals surface area (Å²) in [6.07, 6.45) is 48.5. The molecule has 0 amide bonds. The zero-order chi connectivity index (χ0) is 58.4. The topological polar surface area (TPSA) is 71.1 Å². The lowest BCUT2D eigenvalue weighted by atomic mass is 9.61. The van der Waals surface area contributed by atoms with Crippen LogP contribution in [0.25, 0.3) is 33.1 Å². The van der Waals surface area contributed by atoms with Crippen molar-refractivity contribution >= 4 is 45.0 Å². The summed E-state index contributed by atoms with van der Waals surface area (Å²) in [7, 11) is 0. The molecule has 3 aromatic carbocycles. The van der Waals surface area contributed by atoms with E-state index in [4.69, 9.17) is 18.9 Å². The van der Waals surface area contributed by atoms with E-state index >= 15 is 9.59 Å². The molecule has 6 heteroatoms. The van der Waals surface area contributed by atoms with E-state index in [-0.39, 0.29) is 25.0 Å². The molecular formula is C80H86O6. The van der Waals surface area contributed by atoms with Gasteiger partial charge < -0.3 is 18.9 Å². The van der Waals surface area contributed by atoms with Gasteiger partial charge in [-0.05, 0) is 177 Å². The summed E-state index contributed by atoms with van der Waals surface area (Å²) in [5, 5.41) is 2.85. The predicted octanol–water partition coefficient (Wildman–Crippen LogP) is 18.2. The summed E-state index contributed by atoms with van der Waals surface area (Å²) in [5.41, 5.74) is 14.4. The van der Waals surface area contributed by atoms with Crippen LogP contribution in [0.5, 0.6) is 11.5 Å². The van der Waals surface area contributed by atoms with Crippen LogP contribution >= 0.6 is 0 Å². The molecule has 442 valence electrons. The van der Waals surface area contributed by atoms with Crippen LogP contribution in [0.2, 0.25) is 0 Å². The third-order valence-electron chi connectivity index (χ3n) is 21.8. The van der Waals surface area contributed by atoms with Gasteiger partial charge in [0.05, 0.1) is 19.8 Å². The second-order valence-electron chi connectivity index (χ2n) is 26.8. The maximum absolute atomic E-state index is 16.2. The summed E-state index contributed by atoms with van der Waals surface area (Å²) in [6, 6.07) is 6.00. The van der Waals surface area contributed by atoms with E-state index in [1.54, 1.807) is 11.1 Å². The number of ether oxygens (including phenoxy) is 4. The van der Waals surface area contributed by atoms with Gasteiger partial charge in [-0.2, -0.15) is 0 Å². The van der Waals surface area contributed by atoms with E-state index in [9.17, 15) is 0 Å². The molecule has 0 radical (unpaired) electrons. The number of carbonyl (C=O) groups is 2. The molecule has 11 aliphatic rings. The average molecular weight is 1140 g/mol. The summed E-state index contributed by atoms with van der Waals surface area (Å²) in [5.74, 6) is 27.0. The van der Waals surface area contributed by atoms with Gasteiger partial charge in [-0.15, -0.1) is 0 Å². The third kappa shape index (κ3) is 8.90. The number of hydrogen-bond donors (Lipinski definition) is 0. The van der Waals surface area contributed by atoms with E-state index in [1.165, 1.54) is 156 Å². The van der Waals surface area contributed by atoms with E-state index in [0.717, 1.165) is 82.6 Å². The monoisotopic (exact) mass is 1140 g/mol. The highest BCUT2D eigenvalue weighted by atomic mass is 16.6. The Hall–Kier alpha value is -6.86. The van der Waals surface area contributed by atoms with Crippen molar-refractivity contribution in [1.82, 2.24) is 0 Å². The zero-order valence-corrected chi connectivity index (χ0v) is 51.5. The molecule has 1 spiro atoms. The molecule has 86 heavy (non-hydrogen) atoms. The average Bonchev–Trinajstić information content (AvgIpc) is 1.40. The second kappa shape index (κ2) is 24.0. The Bertz CT molecular complexity index is 3650. The maximum atomic E-state index is 16.2. The van der Waals surface area contributed by atoms with Crippen molar-refractivity contribution in [3.63, 3.8) is 0 Å². The Morgan fingerprint density at radius 1 is 0.500 bits per heavy atom. The first kappa shape index (κ1) is 56.9. The molecule has 0 bridgehead atoms. The van der Waals surface area contributed by atoms with Crippen molar-refractivity contribution in [2.45, 2.75) is 217 Å². The molecule has 11 aliphatic carbocycles. The van der Waals surface area contributed by atoms with Gasteiger partial charge in [0.15, 0.2) is 5.41 Å². The molecule has 0 aromatic heterocycles. The summed E-state index contributed by atoms with van der Waals surface area (Å²) in [4.78, 5) is 31.8. The van der Waals surface area contributed by atoms with E-state index in [0.29, 0.717) is 48.4 Å². The summed E-state index contributed by atoms with van der Waals surface area (Å²) < 4.78 is 26.1. The fraction of sp³-hybridized carbons (Fsp3) is 0.525. The lowest BCUT2D eigenvalue weighted by molar-refractivity contribution is -0.167. The number of carbonyl (C=O) groups excluding carboxylic acids is 2. The van der Waals surface area contributed by atoms with Crippen LogP contribution in [-0.2, 0) is 31.1 Å². The second-order valence-corrected chi connectivity index (χ2v) is 26.8. The van der Waals surface area contributed by atoms with Crippen molar-refractivity contribution in [1.29, 1.82) is 0 Å². The molecule has 9 atom stereocenters. The first-order valence-electron chi connectivity index (χ1n) is 34.1. The Labute approximate surface area is 512 Å². The van der Waals surface area contributed by atoms with Crippen molar-refractivity contribution in [3.05, 3.63) is 117 Å². The van der Waals surface area contributed by atoms with Crippen LogP contribution in [-0.4, -0.2) is 31.8 Å². The molecule has 1 fully saturated rings. The van der Waals surface area contributed by atoms with Gasteiger partial charge in [0.2, 0.25) is 0 Å².